The number of carbonyl (C=O) groups is 3. The van der Waals surface area contributed by atoms with Crippen molar-refractivity contribution in [2.24, 2.45) is 5.92 Å². The minimum Gasteiger partial charge on any atom is -0.493 e. The Morgan fingerprint density at radius 1 is 1.03 bits per heavy atom. The van der Waals surface area contributed by atoms with Crippen molar-refractivity contribution in [3.05, 3.63) is 29.8 Å². The van der Waals surface area contributed by atoms with Crippen molar-refractivity contribution in [2.45, 2.75) is 91.0 Å². The molecule has 1 heterocycles. The van der Waals surface area contributed by atoms with Crippen LogP contribution in [0, 0.1) is 5.92 Å². The smallest absolute Gasteiger partial charge is 0.308 e. The summed E-state index contributed by atoms with van der Waals surface area (Å²) in [7, 11) is 0. The number of carbonyl (C=O) groups excluding carboxylic acids is 3. The largest absolute Gasteiger partial charge is 0.493 e. The van der Waals surface area contributed by atoms with E-state index in [1.807, 2.05) is 6.07 Å². The van der Waals surface area contributed by atoms with Crippen molar-refractivity contribution in [1.82, 2.24) is 10.2 Å². The first-order chi connectivity index (χ1) is 16.9. The van der Waals surface area contributed by atoms with E-state index in [4.69, 9.17) is 9.47 Å². The normalized spacial score (nSPS) is 15.7. The summed E-state index contributed by atoms with van der Waals surface area (Å²) in [4.78, 5) is 39.9. The molecule has 0 aromatic heterocycles. The number of rotatable bonds is 16. The summed E-state index contributed by atoms with van der Waals surface area (Å²) in [5.41, 5.74) is 0.406. The Bertz CT molecular complexity index is 795. The van der Waals surface area contributed by atoms with Gasteiger partial charge in [0.2, 0.25) is 5.91 Å². The van der Waals surface area contributed by atoms with E-state index in [-0.39, 0.29) is 18.2 Å². The first-order valence-electron chi connectivity index (χ1n) is 13.4. The zero-order valence-corrected chi connectivity index (χ0v) is 21.9. The minimum atomic E-state index is -0.883. The number of para-hydroxylation sites is 1. The second-order valence-corrected chi connectivity index (χ2v) is 9.73. The Labute approximate surface area is 210 Å². The maximum absolute atomic E-state index is 13.4. The molecular formula is C28H44N2O5. The number of amides is 2. The topological polar surface area (TPSA) is 84.9 Å². The van der Waals surface area contributed by atoms with Crippen molar-refractivity contribution >= 4 is 17.8 Å². The fourth-order valence-corrected chi connectivity index (χ4v) is 4.13. The fraction of sp³-hybridized carbons (Fsp3) is 0.679. The lowest BCUT2D eigenvalue weighted by molar-refractivity contribution is -0.147. The predicted octanol–water partition coefficient (Wildman–Crippen LogP) is 5.13. The molecule has 0 aliphatic carbocycles. The highest BCUT2D eigenvalue weighted by Crippen LogP contribution is 2.23. The van der Waals surface area contributed by atoms with Gasteiger partial charge >= 0.3 is 5.97 Å². The van der Waals surface area contributed by atoms with Crippen molar-refractivity contribution in [1.29, 1.82) is 0 Å². The number of nitrogens with one attached hydrogen (secondary N) is 1. The van der Waals surface area contributed by atoms with E-state index in [2.05, 4.69) is 26.1 Å². The first kappa shape index (κ1) is 28.7. The summed E-state index contributed by atoms with van der Waals surface area (Å²) < 4.78 is 11.3. The zero-order valence-electron chi connectivity index (χ0n) is 21.9. The molecule has 0 spiro atoms. The van der Waals surface area contributed by atoms with Crippen LogP contribution in [0.25, 0.3) is 0 Å². The van der Waals surface area contributed by atoms with Crippen molar-refractivity contribution in [2.75, 3.05) is 26.3 Å². The maximum Gasteiger partial charge on any atom is 0.308 e. The first-order valence-corrected chi connectivity index (χ1v) is 13.4. The zero-order chi connectivity index (χ0) is 25.5. The molecule has 1 atom stereocenters. The van der Waals surface area contributed by atoms with Gasteiger partial charge in [0, 0.05) is 13.1 Å². The average Bonchev–Trinajstić information content (AvgIpc) is 2.84. The Morgan fingerprint density at radius 3 is 2.43 bits per heavy atom. The van der Waals surface area contributed by atoms with Crippen LogP contribution in [0.4, 0.5) is 0 Å². The standard InChI is InChI=1S/C28H44N2O5/c1-4-5-6-7-8-9-10-13-19-35-26(31)21-24-27(32)29-17-18-30(24)28(33)23-14-11-12-15-25(23)34-20-16-22(2)3/h11-12,14-15,22,24H,4-10,13,16-21H2,1-3H3,(H,29,32). The van der Waals surface area contributed by atoms with Crippen LogP contribution in [0.3, 0.4) is 0 Å². The molecule has 2 amide bonds. The molecule has 35 heavy (non-hydrogen) atoms. The number of esters is 1. The quantitative estimate of drug-likeness (QED) is 0.258. The number of hydrogen-bond donors (Lipinski definition) is 1. The Hall–Kier alpha value is -2.57. The molecule has 1 fully saturated rings. The summed E-state index contributed by atoms with van der Waals surface area (Å²) in [5.74, 6) is -0.0908. The summed E-state index contributed by atoms with van der Waals surface area (Å²) >= 11 is 0. The summed E-state index contributed by atoms with van der Waals surface area (Å²) in [6.07, 6.45) is 10.0. The molecule has 1 aromatic carbocycles. The Kier molecular flexibility index (Phi) is 13.2. The van der Waals surface area contributed by atoms with Crippen LogP contribution in [-0.4, -0.2) is 55.0 Å². The molecule has 1 unspecified atom stereocenters. The molecule has 1 N–H and O–H groups in total. The van der Waals surface area contributed by atoms with Crippen molar-refractivity contribution in [3.8, 4) is 5.75 Å². The molecular weight excluding hydrogens is 444 g/mol. The molecule has 0 bridgehead atoms. The van der Waals surface area contributed by atoms with Crippen LogP contribution in [0.1, 0.15) is 95.3 Å². The van der Waals surface area contributed by atoms with Gasteiger partial charge in [-0.05, 0) is 30.9 Å². The summed E-state index contributed by atoms with van der Waals surface area (Å²) in [6.45, 7) is 7.99. The van der Waals surface area contributed by atoms with Crippen LogP contribution < -0.4 is 10.1 Å². The summed E-state index contributed by atoms with van der Waals surface area (Å²) in [6, 6.07) is 6.19. The van der Waals surface area contributed by atoms with E-state index in [1.54, 1.807) is 18.2 Å². The molecule has 0 saturated carbocycles. The van der Waals surface area contributed by atoms with Gasteiger partial charge in [-0.25, -0.2) is 0 Å². The molecule has 1 aliphatic heterocycles. The van der Waals surface area contributed by atoms with E-state index in [9.17, 15) is 14.4 Å². The van der Waals surface area contributed by atoms with Crippen molar-refractivity contribution in [3.63, 3.8) is 0 Å². The average molecular weight is 489 g/mol. The molecule has 1 saturated heterocycles. The van der Waals surface area contributed by atoms with Gasteiger partial charge in [-0.1, -0.05) is 77.8 Å². The van der Waals surface area contributed by atoms with Crippen LogP contribution in [0.2, 0.25) is 0 Å². The lowest BCUT2D eigenvalue weighted by Crippen LogP contribution is -2.57. The molecule has 2 rings (SSSR count). The Balaban J connectivity index is 1.87. The monoisotopic (exact) mass is 488 g/mol. The lowest BCUT2D eigenvalue weighted by atomic mass is 10.1. The molecule has 7 heteroatoms. The SMILES string of the molecule is CCCCCCCCCCOC(=O)CC1C(=O)NCCN1C(=O)c1ccccc1OCCC(C)C. The van der Waals surface area contributed by atoms with E-state index in [0.717, 1.165) is 25.7 Å². The van der Waals surface area contributed by atoms with Crippen LogP contribution in [-0.2, 0) is 14.3 Å². The number of piperazine rings is 1. The lowest BCUT2D eigenvalue weighted by Gasteiger charge is -2.34. The number of hydrogen-bond acceptors (Lipinski definition) is 5. The highest BCUT2D eigenvalue weighted by Gasteiger charge is 2.36. The third-order valence-electron chi connectivity index (χ3n) is 6.28. The van der Waals surface area contributed by atoms with Gasteiger partial charge in [-0.15, -0.1) is 0 Å². The molecule has 0 radical (unpaired) electrons. The predicted molar refractivity (Wildman–Crippen MR) is 137 cm³/mol. The number of benzene rings is 1. The fourth-order valence-electron chi connectivity index (χ4n) is 4.13. The van der Waals surface area contributed by atoms with Crippen LogP contribution >= 0.6 is 0 Å². The maximum atomic E-state index is 13.4. The molecule has 1 aromatic rings. The number of nitrogens with zero attached hydrogens (tertiary/aromatic N) is 1. The highest BCUT2D eigenvalue weighted by atomic mass is 16.5. The third-order valence-corrected chi connectivity index (χ3v) is 6.28. The van der Waals surface area contributed by atoms with Crippen LogP contribution in [0.15, 0.2) is 24.3 Å². The van der Waals surface area contributed by atoms with Gasteiger partial charge in [0.1, 0.15) is 11.8 Å². The van der Waals surface area contributed by atoms with Gasteiger partial charge in [0.15, 0.2) is 0 Å². The summed E-state index contributed by atoms with van der Waals surface area (Å²) in [5, 5.41) is 2.77. The minimum absolute atomic E-state index is 0.148. The number of ether oxygens (including phenoxy) is 2. The van der Waals surface area contributed by atoms with Gasteiger partial charge in [0.25, 0.3) is 5.91 Å². The third kappa shape index (κ3) is 10.3. The molecule has 1 aliphatic rings. The van der Waals surface area contributed by atoms with Gasteiger partial charge in [-0.2, -0.15) is 0 Å². The number of unbranched alkanes of at least 4 members (excludes halogenated alkanes) is 7. The highest BCUT2D eigenvalue weighted by molar-refractivity contribution is 6.01. The van der Waals surface area contributed by atoms with Gasteiger partial charge in [0.05, 0.1) is 25.2 Å². The van der Waals surface area contributed by atoms with E-state index in [1.165, 1.54) is 37.0 Å². The van der Waals surface area contributed by atoms with E-state index >= 15 is 0 Å². The Morgan fingerprint density at radius 2 is 1.71 bits per heavy atom. The second kappa shape index (κ2) is 16.2. The van der Waals surface area contributed by atoms with Crippen LogP contribution in [0.5, 0.6) is 5.75 Å². The van der Waals surface area contributed by atoms with Gasteiger partial charge < -0.3 is 19.7 Å². The van der Waals surface area contributed by atoms with E-state index in [0.29, 0.717) is 43.5 Å². The van der Waals surface area contributed by atoms with E-state index < -0.39 is 12.0 Å². The van der Waals surface area contributed by atoms with Gasteiger partial charge in [-0.3, -0.25) is 14.4 Å². The second-order valence-electron chi connectivity index (χ2n) is 9.73. The molecule has 196 valence electrons. The molecule has 7 nitrogen and oxygen atoms in total. The van der Waals surface area contributed by atoms with Crippen molar-refractivity contribution < 1.29 is 23.9 Å².